The number of ether oxygens (including phenoxy) is 2. The van der Waals surface area contributed by atoms with E-state index in [0.717, 1.165) is 5.56 Å². The fourth-order valence-corrected chi connectivity index (χ4v) is 3.19. The van der Waals surface area contributed by atoms with Gasteiger partial charge in [-0.25, -0.2) is 0 Å². The number of H-pyrrole nitrogens is 1. The molecule has 0 fully saturated rings. The van der Waals surface area contributed by atoms with Gasteiger partial charge < -0.3 is 19.8 Å². The van der Waals surface area contributed by atoms with Crippen LogP contribution in [0, 0.1) is 5.92 Å². The standard InChI is InChI=1S/C24H27ClN4O4/c1-15(2)13-26-22(30)11-9-19-24(31)27-23(29-28-19)16-8-10-20(21(12-16)32-3)33-14-17-6-4-5-7-18(17)25/h4-8,10,12,15H,9,11,13-14H2,1-3H3,(H,26,30)(H,27,29,31). The second-order valence-electron chi connectivity index (χ2n) is 7.89. The predicted molar refractivity (Wildman–Crippen MR) is 127 cm³/mol. The Bertz CT molecular complexity index is 1160. The van der Waals surface area contributed by atoms with Gasteiger partial charge in [0, 0.05) is 35.5 Å². The van der Waals surface area contributed by atoms with Gasteiger partial charge in [0.25, 0.3) is 5.56 Å². The number of carbonyl (C=O) groups excluding carboxylic acids is 1. The first-order chi connectivity index (χ1) is 15.9. The molecule has 1 amide bonds. The maximum Gasteiger partial charge on any atom is 0.273 e. The van der Waals surface area contributed by atoms with Crippen molar-refractivity contribution in [3.8, 4) is 22.9 Å². The van der Waals surface area contributed by atoms with E-state index in [0.29, 0.717) is 40.4 Å². The highest BCUT2D eigenvalue weighted by Gasteiger charge is 2.13. The number of halogens is 1. The SMILES string of the molecule is COc1cc(-c2nnc(CCC(=O)NCC(C)C)c(=O)[nH]2)ccc1OCc1ccccc1Cl. The van der Waals surface area contributed by atoms with Crippen molar-refractivity contribution in [1.29, 1.82) is 0 Å². The number of aryl methyl sites for hydroxylation is 1. The number of amides is 1. The van der Waals surface area contributed by atoms with E-state index in [2.05, 4.69) is 20.5 Å². The Hall–Kier alpha value is -3.39. The molecule has 0 aliphatic heterocycles. The molecule has 9 heteroatoms. The van der Waals surface area contributed by atoms with Crippen molar-refractivity contribution in [2.24, 2.45) is 5.92 Å². The maximum absolute atomic E-state index is 12.4. The molecule has 174 valence electrons. The van der Waals surface area contributed by atoms with Crippen LogP contribution in [-0.4, -0.2) is 34.7 Å². The van der Waals surface area contributed by atoms with E-state index in [4.69, 9.17) is 21.1 Å². The molecule has 1 heterocycles. The molecule has 3 rings (SSSR count). The van der Waals surface area contributed by atoms with Gasteiger partial charge in [-0.2, -0.15) is 0 Å². The minimum absolute atomic E-state index is 0.119. The largest absolute Gasteiger partial charge is 0.493 e. The molecule has 0 spiro atoms. The van der Waals surface area contributed by atoms with E-state index in [-0.39, 0.29) is 36.6 Å². The number of rotatable bonds is 10. The van der Waals surface area contributed by atoms with Crippen LogP contribution >= 0.6 is 11.6 Å². The zero-order valence-corrected chi connectivity index (χ0v) is 19.6. The molecule has 0 aliphatic carbocycles. The van der Waals surface area contributed by atoms with Crippen LogP contribution in [0.4, 0.5) is 0 Å². The lowest BCUT2D eigenvalue weighted by Gasteiger charge is -2.12. The van der Waals surface area contributed by atoms with Crippen LogP contribution in [-0.2, 0) is 17.8 Å². The number of hydrogen-bond donors (Lipinski definition) is 2. The summed E-state index contributed by atoms with van der Waals surface area (Å²) < 4.78 is 11.3. The number of aromatic nitrogens is 3. The molecular weight excluding hydrogens is 444 g/mol. The molecule has 8 nitrogen and oxygen atoms in total. The lowest BCUT2D eigenvalue weighted by molar-refractivity contribution is -0.121. The summed E-state index contributed by atoms with van der Waals surface area (Å²) in [5.74, 6) is 1.55. The number of methoxy groups -OCH3 is 1. The van der Waals surface area contributed by atoms with Gasteiger partial charge in [-0.3, -0.25) is 9.59 Å². The van der Waals surface area contributed by atoms with Crippen LogP contribution in [0.15, 0.2) is 47.3 Å². The van der Waals surface area contributed by atoms with Gasteiger partial charge in [-0.1, -0.05) is 43.6 Å². The Balaban J connectivity index is 1.69. The number of aromatic amines is 1. The molecule has 0 saturated carbocycles. The van der Waals surface area contributed by atoms with Crippen LogP contribution in [0.1, 0.15) is 31.5 Å². The van der Waals surface area contributed by atoms with E-state index in [1.54, 1.807) is 24.3 Å². The van der Waals surface area contributed by atoms with E-state index >= 15 is 0 Å². The predicted octanol–water partition coefficient (Wildman–Crippen LogP) is 3.78. The zero-order chi connectivity index (χ0) is 23.8. The van der Waals surface area contributed by atoms with E-state index in [1.165, 1.54) is 7.11 Å². The number of carbonyl (C=O) groups is 1. The Morgan fingerprint density at radius 1 is 1.15 bits per heavy atom. The summed E-state index contributed by atoms with van der Waals surface area (Å²) in [6.45, 7) is 4.91. The first-order valence-corrected chi connectivity index (χ1v) is 11.0. The van der Waals surface area contributed by atoms with Crippen molar-refractivity contribution in [2.45, 2.75) is 33.3 Å². The lowest BCUT2D eigenvalue weighted by atomic mass is 10.2. The quantitative estimate of drug-likeness (QED) is 0.467. The Kier molecular flexibility index (Phi) is 8.43. The summed E-state index contributed by atoms with van der Waals surface area (Å²) in [6, 6.07) is 12.6. The summed E-state index contributed by atoms with van der Waals surface area (Å²) in [7, 11) is 1.53. The van der Waals surface area contributed by atoms with Crippen LogP contribution in [0.5, 0.6) is 11.5 Å². The monoisotopic (exact) mass is 470 g/mol. The average molecular weight is 471 g/mol. The van der Waals surface area contributed by atoms with Crippen molar-refractivity contribution in [2.75, 3.05) is 13.7 Å². The number of nitrogens with one attached hydrogen (secondary N) is 2. The second kappa shape index (κ2) is 11.5. The fourth-order valence-electron chi connectivity index (χ4n) is 3.00. The molecule has 0 saturated heterocycles. The molecule has 2 N–H and O–H groups in total. The van der Waals surface area contributed by atoms with E-state index in [9.17, 15) is 9.59 Å². The lowest BCUT2D eigenvalue weighted by Crippen LogP contribution is -2.28. The highest BCUT2D eigenvalue weighted by atomic mass is 35.5. The third-order valence-electron chi connectivity index (χ3n) is 4.84. The first kappa shape index (κ1) is 24.3. The first-order valence-electron chi connectivity index (χ1n) is 10.6. The van der Waals surface area contributed by atoms with Gasteiger partial charge in [-0.15, -0.1) is 10.2 Å². The molecule has 3 aromatic rings. The molecule has 0 unspecified atom stereocenters. The topological polar surface area (TPSA) is 106 Å². The van der Waals surface area contributed by atoms with Crippen LogP contribution in [0.25, 0.3) is 11.4 Å². The van der Waals surface area contributed by atoms with Gasteiger partial charge in [0.2, 0.25) is 5.91 Å². The molecule has 1 aromatic heterocycles. The van der Waals surface area contributed by atoms with Crippen molar-refractivity contribution in [1.82, 2.24) is 20.5 Å². The summed E-state index contributed by atoms with van der Waals surface area (Å²) in [5, 5.41) is 11.6. The smallest absolute Gasteiger partial charge is 0.273 e. The highest BCUT2D eigenvalue weighted by Crippen LogP contribution is 2.32. The summed E-state index contributed by atoms with van der Waals surface area (Å²) in [5.41, 5.74) is 1.30. The Morgan fingerprint density at radius 2 is 1.94 bits per heavy atom. The van der Waals surface area contributed by atoms with Crippen molar-refractivity contribution in [3.05, 3.63) is 69.1 Å². The van der Waals surface area contributed by atoms with Crippen molar-refractivity contribution >= 4 is 17.5 Å². The number of benzene rings is 2. The molecule has 2 aromatic carbocycles. The van der Waals surface area contributed by atoms with Crippen LogP contribution in [0.3, 0.4) is 0 Å². The molecule has 0 atom stereocenters. The average Bonchev–Trinajstić information content (AvgIpc) is 2.81. The maximum atomic E-state index is 12.4. The number of nitrogens with zero attached hydrogens (tertiary/aromatic N) is 2. The van der Waals surface area contributed by atoms with Crippen molar-refractivity contribution in [3.63, 3.8) is 0 Å². The third kappa shape index (κ3) is 6.79. The van der Waals surface area contributed by atoms with E-state index in [1.807, 2.05) is 32.0 Å². The Labute approximate surface area is 197 Å². The minimum atomic E-state index is -0.380. The fraction of sp³-hybridized carbons (Fsp3) is 0.333. The molecule has 0 radical (unpaired) electrons. The van der Waals surface area contributed by atoms with Gasteiger partial charge in [0.1, 0.15) is 12.3 Å². The highest BCUT2D eigenvalue weighted by molar-refractivity contribution is 6.31. The van der Waals surface area contributed by atoms with Crippen LogP contribution < -0.4 is 20.3 Å². The summed E-state index contributed by atoms with van der Waals surface area (Å²) >= 11 is 6.18. The third-order valence-corrected chi connectivity index (χ3v) is 5.21. The molecule has 0 aliphatic rings. The van der Waals surface area contributed by atoms with Crippen LogP contribution in [0.2, 0.25) is 5.02 Å². The van der Waals surface area contributed by atoms with Gasteiger partial charge >= 0.3 is 0 Å². The normalized spacial score (nSPS) is 10.8. The molecule has 0 bridgehead atoms. The van der Waals surface area contributed by atoms with Crippen molar-refractivity contribution < 1.29 is 14.3 Å². The zero-order valence-electron chi connectivity index (χ0n) is 18.9. The summed E-state index contributed by atoms with van der Waals surface area (Å²) in [6.07, 6.45) is 0.389. The minimum Gasteiger partial charge on any atom is -0.493 e. The number of hydrogen-bond acceptors (Lipinski definition) is 6. The molecular formula is C24H27ClN4O4. The second-order valence-corrected chi connectivity index (χ2v) is 8.30. The van der Waals surface area contributed by atoms with Gasteiger partial charge in [0.05, 0.1) is 7.11 Å². The Morgan fingerprint density at radius 3 is 2.64 bits per heavy atom. The van der Waals surface area contributed by atoms with Gasteiger partial charge in [0.15, 0.2) is 17.3 Å². The summed E-state index contributed by atoms with van der Waals surface area (Å²) in [4.78, 5) is 27.1. The van der Waals surface area contributed by atoms with E-state index < -0.39 is 0 Å². The van der Waals surface area contributed by atoms with Gasteiger partial charge in [-0.05, 0) is 30.2 Å². The molecule has 33 heavy (non-hydrogen) atoms.